The highest BCUT2D eigenvalue weighted by atomic mass is 32.2. The number of para-hydroxylation sites is 1. The number of H-pyrrole nitrogens is 1. The molecule has 11 heavy (non-hydrogen) atoms. The number of rotatable bonds is 0. The molecule has 0 aliphatic carbocycles. The summed E-state index contributed by atoms with van der Waals surface area (Å²) in [6.07, 6.45) is 2.15. The van der Waals surface area contributed by atoms with Crippen LogP contribution < -0.4 is 0 Å². The molecule has 1 aromatic carbocycles. The van der Waals surface area contributed by atoms with E-state index in [1.54, 1.807) is 0 Å². The molecular weight excluding hydrogens is 174 g/mol. The first-order valence-corrected chi connectivity index (χ1v) is 5.39. The van der Waals surface area contributed by atoms with Crippen LogP contribution in [-0.4, -0.2) is 4.98 Å². The molecule has 0 spiro atoms. The molecule has 0 amide bonds. The van der Waals surface area contributed by atoms with Gasteiger partial charge in [-0.1, -0.05) is 12.1 Å². The zero-order valence-electron chi connectivity index (χ0n) is 6.13. The normalized spacial score (nSPS) is 12.3. The van der Waals surface area contributed by atoms with Gasteiger partial charge in [-0.05, 0) is 22.6 Å². The van der Waals surface area contributed by atoms with Crippen molar-refractivity contribution in [3.8, 4) is 0 Å². The summed E-state index contributed by atoms with van der Waals surface area (Å²) in [6.45, 7) is 0. The predicted octanol–water partition coefficient (Wildman–Crippen LogP) is 3.18. The molecular formula is C8H8NS2+. The average molecular weight is 182 g/mol. The Kier molecular flexibility index (Phi) is 1.55. The summed E-state index contributed by atoms with van der Waals surface area (Å²) in [6, 6.07) is 8.28. The van der Waals surface area contributed by atoms with E-state index < -0.39 is 0 Å². The van der Waals surface area contributed by atoms with E-state index in [9.17, 15) is 0 Å². The first-order chi connectivity index (χ1) is 5.29. The lowest BCUT2D eigenvalue weighted by Crippen LogP contribution is -1.62. The topological polar surface area (TPSA) is 15.8 Å². The van der Waals surface area contributed by atoms with Crippen molar-refractivity contribution in [3.63, 3.8) is 0 Å². The fraction of sp³-hybridized carbons (Fsp3) is 0.125. The van der Waals surface area contributed by atoms with E-state index in [1.807, 2.05) is 6.07 Å². The van der Waals surface area contributed by atoms with Crippen LogP contribution in [0, 0.1) is 3.95 Å². The largest absolute Gasteiger partial charge is 0.356 e. The number of benzene rings is 1. The van der Waals surface area contributed by atoms with E-state index in [-0.39, 0.29) is 10.5 Å². The van der Waals surface area contributed by atoms with Crippen LogP contribution in [0.1, 0.15) is 0 Å². The number of aryl methyl sites for hydroxylation is 1. The van der Waals surface area contributed by atoms with Crippen molar-refractivity contribution in [1.29, 1.82) is 0 Å². The lowest BCUT2D eigenvalue weighted by atomic mass is 10.3. The van der Waals surface area contributed by atoms with E-state index in [0.717, 1.165) is 3.95 Å². The Morgan fingerprint density at radius 2 is 2.09 bits per heavy atom. The van der Waals surface area contributed by atoms with Gasteiger partial charge in [0.15, 0.2) is 0 Å². The fourth-order valence-corrected chi connectivity index (χ4v) is 2.70. The highest BCUT2D eigenvalue weighted by molar-refractivity contribution is 7.74. The maximum Gasteiger partial charge on any atom is 0.356 e. The third-order valence-electron chi connectivity index (χ3n) is 1.73. The first kappa shape index (κ1) is 7.00. The van der Waals surface area contributed by atoms with Gasteiger partial charge in [-0.2, -0.15) is 0 Å². The molecule has 1 N–H and O–H groups in total. The van der Waals surface area contributed by atoms with Gasteiger partial charge in [0.1, 0.15) is 4.70 Å². The van der Waals surface area contributed by atoms with Gasteiger partial charge in [0.2, 0.25) is 0 Å². The third kappa shape index (κ3) is 1.01. The number of hydrogen-bond donors (Lipinski definition) is 1. The summed E-state index contributed by atoms with van der Waals surface area (Å²) in [7, 11) is 0.128. The Morgan fingerprint density at radius 1 is 1.36 bits per heavy atom. The van der Waals surface area contributed by atoms with E-state index in [0.29, 0.717) is 0 Å². The minimum Gasteiger partial charge on any atom is -0.298 e. The molecule has 0 aliphatic heterocycles. The Morgan fingerprint density at radius 3 is 2.82 bits per heavy atom. The second kappa shape index (κ2) is 2.43. The Labute approximate surface area is 72.7 Å². The highest BCUT2D eigenvalue weighted by Gasteiger charge is 2.06. The van der Waals surface area contributed by atoms with Crippen LogP contribution in [0.4, 0.5) is 0 Å². The molecule has 0 aliphatic rings. The molecule has 0 fully saturated rings. The number of hydrogen-bond acceptors (Lipinski definition) is 1. The summed E-state index contributed by atoms with van der Waals surface area (Å²) in [5.41, 5.74) is 1.18. The zero-order chi connectivity index (χ0) is 7.84. The van der Waals surface area contributed by atoms with Crippen molar-refractivity contribution >= 4 is 32.9 Å². The molecule has 0 bridgehead atoms. The lowest BCUT2D eigenvalue weighted by molar-refractivity contribution is 1.47. The van der Waals surface area contributed by atoms with Crippen LogP contribution in [0.25, 0.3) is 10.2 Å². The van der Waals surface area contributed by atoms with Gasteiger partial charge >= 0.3 is 3.95 Å². The molecule has 1 nitrogen and oxygen atoms in total. The second-order valence-corrected chi connectivity index (χ2v) is 4.95. The van der Waals surface area contributed by atoms with Crippen LogP contribution in [0.3, 0.4) is 0 Å². The number of fused-ring (bicyclic) bond motifs is 1. The van der Waals surface area contributed by atoms with Gasteiger partial charge in [-0.3, -0.25) is 4.98 Å². The summed E-state index contributed by atoms with van der Waals surface area (Å²) < 4.78 is 2.31. The fourth-order valence-electron chi connectivity index (χ4n) is 1.12. The van der Waals surface area contributed by atoms with Crippen LogP contribution >= 0.6 is 22.7 Å². The van der Waals surface area contributed by atoms with Crippen molar-refractivity contribution in [2.45, 2.75) is 0 Å². The molecule has 56 valence electrons. The molecule has 1 unspecified atom stereocenters. The Hall–Kier alpha value is -0.670. The minimum atomic E-state index is 0.128. The van der Waals surface area contributed by atoms with E-state index >= 15 is 0 Å². The van der Waals surface area contributed by atoms with Crippen molar-refractivity contribution in [2.75, 3.05) is 0 Å². The van der Waals surface area contributed by atoms with Crippen LogP contribution in [0.15, 0.2) is 24.3 Å². The standard InChI is InChI=1S/C8H7NS2/c1-11-7-5-3-2-4-6(7)9-8(11)10/h2-5H,1H3/p+1. The van der Waals surface area contributed by atoms with E-state index in [2.05, 4.69) is 29.4 Å². The maximum atomic E-state index is 5.15. The van der Waals surface area contributed by atoms with Gasteiger partial charge in [0.25, 0.3) is 12.2 Å². The lowest BCUT2D eigenvalue weighted by Gasteiger charge is -1.82. The zero-order valence-corrected chi connectivity index (χ0v) is 7.76. The van der Waals surface area contributed by atoms with E-state index in [1.165, 1.54) is 10.2 Å². The Bertz CT molecular complexity index is 439. The number of aromatic nitrogens is 1. The van der Waals surface area contributed by atoms with Gasteiger partial charge in [0, 0.05) is 0 Å². The van der Waals surface area contributed by atoms with Gasteiger partial charge in [-0.25, -0.2) is 0 Å². The summed E-state index contributed by atoms with van der Waals surface area (Å²) >= 11 is 5.15. The van der Waals surface area contributed by atoms with Crippen molar-refractivity contribution in [3.05, 3.63) is 28.2 Å². The van der Waals surface area contributed by atoms with Crippen LogP contribution in [-0.2, 0) is 6.26 Å². The number of thiazole rings is 1. The van der Waals surface area contributed by atoms with Gasteiger partial charge in [0.05, 0.1) is 11.8 Å². The smallest absolute Gasteiger partial charge is 0.298 e. The quantitative estimate of drug-likeness (QED) is 0.488. The Balaban J connectivity index is 3.04. The average Bonchev–Trinajstić information content (AvgIpc) is 2.30. The molecule has 2 aromatic rings. The number of aromatic amines is 1. The SMILES string of the molecule is C[s+]1c(=S)[nH]c2ccccc21. The molecule has 2 rings (SSSR count). The predicted molar refractivity (Wildman–Crippen MR) is 52.6 cm³/mol. The van der Waals surface area contributed by atoms with Gasteiger partial charge < -0.3 is 0 Å². The summed E-state index contributed by atoms with van der Waals surface area (Å²) in [5, 5.41) is 0. The first-order valence-electron chi connectivity index (χ1n) is 3.35. The molecule has 0 radical (unpaired) electrons. The molecule has 0 saturated heterocycles. The highest BCUT2D eigenvalue weighted by Crippen LogP contribution is 2.27. The molecule has 1 atom stereocenters. The summed E-state index contributed by atoms with van der Waals surface area (Å²) in [4.78, 5) is 3.19. The maximum absolute atomic E-state index is 5.15. The molecule has 0 saturated carbocycles. The monoisotopic (exact) mass is 182 g/mol. The molecule has 1 heterocycles. The minimum absolute atomic E-state index is 0.128. The van der Waals surface area contributed by atoms with Crippen LogP contribution in [0.2, 0.25) is 0 Å². The molecule has 1 aromatic heterocycles. The third-order valence-corrected chi connectivity index (χ3v) is 4.26. The van der Waals surface area contributed by atoms with Crippen molar-refractivity contribution in [1.82, 2.24) is 4.98 Å². The van der Waals surface area contributed by atoms with Gasteiger partial charge in [-0.15, -0.1) is 0 Å². The van der Waals surface area contributed by atoms with Crippen molar-refractivity contribution in [2.24, 2.45) is 6.26 Å². The van der Waals surface area contributed by atoms with E-state index in [4.69, 9.17) is 12.2 Å². The van der Waals surface area contributed by atoms with Crippen LogP contribution in [0.5, 0.6) is 0 Å². The summed E-state index contributed by atoms with van der Waals surface area (Å²) in [5.74, 6) is 0. The van der Waals surface area contributed by atoms with Crippen molar-refractivity contribution < 1.29 is 0 Å². The second-order valence-electron chi connectivity index (χ2n) is 2.42. The molecule has 3 heteroatoms. The number of nitrogens with one attached hydrogen (secondary N) is 1.